The molecule has 2 N–H and O–H groups in total. The van der Waals surface area contributed by atoms with Crippen LogP contribution in [0, 0.1) is 6.92 Å². The number of carbonyl (C=O) groups is 1. The van der Waals surface area contributed by atoms with Gasteiger partial charge in [0, 0.05) is 11.1 Å². The predicted molar refractivity (Wildman–Crippen MR) is 95.6 cm³/mol. The predicted octanol–water partition coefficient (Wildman–Crippen LogP) is 3.32. The molecule has 6 heteroatoms. The van der Waals surface area contributed by atoms with Gasteiger partial charge in [-0.05, 0) is 63.6 Å². The Hall–Kier alpha value is -2.34. The Labute approximate surface area is 143 Å². The number of carbonyl (C=O) groups excluding carboxylic acids is 1. The molecule has 128 valence electrons. The van der Waals surface area contributed by atoms with Gasteiger partial charge in [0.15, 0.2) is 0 Å². The zero-order valence-corrected chi connectivity index (χ0v) is 15.1. The zero-order valence-electron chi connectivity index (χ0n) is 14.3. The Bertz CT molecular complexity index is 835. The highest BCUT2D eigenvalue weighted by Crippen LogP contribution is 2.19. The molecule has 0 saturated heterocycles. The van der Waals surface area contributed by atoms with Gasteiger partial charge >= 0.3 is 0 Å². The van der Waals surface area contributed by atoms with Gasteiger partial charge < -0.3 is 5.32 Å². The number of sulfonamides is 1. The van der Waals surface area contributed by atoms with Crippen LogP contribution in [0.15, 0.2) is 53.4 Å². The highest BCUT2D eigenvalue weighted by Gasteiger charge is 2.18. The van der Waals surface area contributed by atoms with Crippen molar-refractivity contribution in [3.8, 4) is 0 Å². The van der Waals surface area contributed by atoms with E-state index in [1.54, 1.807) is 12.1 Å². The van der Waals surface area contributed by atoms with Crippen molar-refractivity contribution < 1.29 is 13.2 Å². The van der Waals surface area contributed by atoms with Crippen molar-refractivity contribution in [2.24, 2.45) is 0 Å². The topological polar surface area (TPSA) is 75.3 Å². The van der Waals surface area contributed by atoms with Crippen LogP contribution in [0.25, 0.3) is 0 Å². The number of para-hydroxylation sites is 1. The van der Waals surface area contributed by atoms with Gasteiger partial charge in [-0.15, -0.1) is 0 Å². The lowest BCUT2D eigenvalue weighted by Crippen LogP contribution is -2.40. The molecular weight excluding hydrogens is 324 g/mol. The van der Waals surface area contributed by atoms with E-state index < -0.39 is 10.0 Å². The second-order valence-electron chi connectivity index (χ2n) is 6.65. The van der Waals surface area contributed by atoms with Crippen LogP contribution in [-0.4, -0.2) is 19.9 Å². The van der Waals surface area contributed by atoms with Crippen molar-refractivity contribution in [1.29, 1.82) is 0 Å². The molecule has 24 heavy (non-hydrogen) atoms. The Balaban J connectivity index is 2.21. The summed E-state index contributed by atoms with van der Waals surface area (Å²) in [6.45, 7) is 7.49. The van der Waals surface area contributed by atoms with Gasteiger partial charge in [0.25, 0.3) is 15.9 Å². The lowest BCUT2D eigenvalue weighted by molar-refractivity contribution is 0.0919. The summed E-state index contributed by atoms with van der Waals surface area (Å²) in [6, 6.07) is 13.0. The van der Waals surface area contributed by atoms with Crippen molar-refractivity contribution in [3.05, 3.63) is 59.7 Å². The van der Waals surface area contributed by atoms with Crippen molar-refractivity contribution in [1.82, 2.24) is 5.32 Å². The summed E-state index contributed by atoms with van der Waals surface area (Å²) < 4.78 is 27.5. The molecule has 0 aliphatic carbocycles. The van der Waals surface area contributed by atoms with E-state index in [-0.39, 0.29) is 16.3 Å². The second-order valence-corrected chi connectivity index (χ2v) is 8.33. The molecule has 0 spiro atoms. The highest BCUT2D eigenvalue weighted by atomic mass is 32.2. The second kappa shape index (κ2) is 6.65. The quantitative estimate of drug-likeness (QED) is 0.892. The summed E-state index contributed by atoms with van der Waals surface area (Å²) in [5, 5.41) is 2.84. The summed E-state index contributed by atoms with van der Waals surface area (Å²) >= 11 is 0. The van der Waals surface area contributed by atoms with Gasteiger partial charge in [-0.1, -0.05) is 18.2 Å². The van der Waals surface area contributed by atoms with Gasteiger partial charge in [-0.25, -0.2) is 8.42 Å². The van der Waals surface area contributed by atoms with E-state index in [9.17, 15) is 13.2 Å². The standard InChI is InChI=1S/C18H22N2O3S/c1-13-7-5-6-8-16(13)20-24(22,23)15-11-9-14(10-12-15)17(21)19-18(2,3)4/h5-12,20H,1-4H3,(H,19,21). The van der Waals surface area contributed by atoms with E-state index in [1.165, 1.54) is 24.3 Å². The minimum Gasteiger partial charge on any atom is -0.347 e. The van der Waals surface area contributed by atoms with Crippen molar-refractivity contribution in [2.45, 2.75) is 38.1 Å². The zero-order chi connectivity index (χ0) is 18.0. The van der Waals surface area contributed by atoms with Gasteiger partial charge in [0.1, 0.15) is 0 Å². The molecule has 0 aliphatic rings. The van der Waals surface area contributed by atoms with Crippen molar-refractivity contribution in [2.75, 3.05) is 4.72 Å². The van der Waals surface area contributed by atoms with Gasteiger partial charge in [-0.2, -0.15) is 0 Å². The first-order valence-electron chi connectivity index (χ1n) is 7.59. The van der Waals surface area contributed by atoms with Crippen LogP contribution in [0.2, 0.25) is 0 Å². The highest BCUT2D eigenvalue weighted by molar-refractivity contribution is 7.92. The molecular formula is C18H22N2O3S. The number of amides is 1. The lowest BCUT2D eigenvalue weighted by Gasteiger charge is -2.20. The molecule has 0 bridgehead atoms. The first kappa shape index (κ1) is 18.0. The number of hydrogen-bond acceptors (Lipinski definition) is 3. The van der Waals surface area contributed by atoms with E-state index in [2.05, 4.69) is 10.0 Å². The average molecular weight is 346 g/mol. The van der Waals surface area contributed by atoms with Crippen LogP contribution < -0.4 is 10.0 Å². The van der Waals surface area contributed by atoms with Crippen LogP contribution in [-0.2, 0) is 10.0 Å². The Morgan fingerprint density at radius 2 is 1.54 bits per heavy atom. The van der Waals surface area contributed by atoms with Crippen LogP contribution in [0.1, 0.15) is 36.7 Å². The van der Waals surface area contributed by atoms with Crippen molar-refractivity contribution >= 4 is 21.6 Å². The molecule has 2 aromatic rings. The maximum atomic E-state index is 12.5. The molecule has 5 nitrogen and oxygen atoms in total. The van der Waals surface area contributed by atoms with E-state index in [0.717, 1.165) is 5.56 Å². The minimum absolute atomic E-state index is 0.109. The molecule has 1 amide bonds. The van der Waals surface area contributed by atoms with E-state index in [1.807, 2.05) is 39.8 Å². The molecule has 0 saturated carbocycles. The Morgan fingerprint density at radius 1 is 0.958 bits per heavy atom. The first-order valence-corrected chi connectivity index (χ1v) is 9.08. The molecule has 0 aliphatic heterocycles. The van der Waals surface area contributed by atoms with Crippen LogP contribution >= 0.6 is 0 Å². The van der Waals surface area contributed by atoms with Gasteiger partial charge in [0.05, 0.1) is 10.6 Å². The molecule has 0 atom stereocenters. The SMILES string of the molecule is Cc1ccccc1NS(=O)(=O)c1ccc(C(=O)NC(C)(C)C)cc1. The smallest absolute Gasteiger partial charge is 0.261 e. The van der Waals surface area contributed by atoms with E-state index in [0.29, 0.717) is 11.3 Å². The van der Waals surface area contributed by atoms with E-state index in [4.69, 9.17) is 0 Å². The maximum Gasteiger partial charge on any atom is 0.261 e. The van der Waals surface area contributed by atoms with E-state index >= 15 is 0 Å². The van der Waals surface area contributed by atoms with Crippen LogP contribution in [0.5, 0.6) is 0 Å². The number of anilines is 1. The van der Waals surface area contributed by atoms with Crippen LogP contribution in [0.4, 0.5) is 5.69 Å². The minimum atomic E-state index is -3.70. The number of rotatable bonds is 4. The largest absolute Gasteiger partial charge is 0.347 e. The average Bonchev–Trinajstić information content (AvgIpc) is 2.48. The lowest BCUT2D eigenvalue weighted by atomic mass is 10.1. The summed E-state index contributed by atoms with van der Waals surface area (Å²) in [5.41, 5.74) is 1.43. The summed E-state index contributed by atoms with van der Waals surface area (Å²) in [7, 11) is -3.70. The summed E-state index contributed by atoms with van der Waals surface area (Å²) in [6.07, 6.45) is 0. The molecule has 0 fully saturated rings. The molecule has 2 rings (SSSR count). The third-order valence-electron chi connectivity index (χ3n) is 3.30. The number of hydrogen-bond donors (Lipinski definition) is 2. The number of nitrogens with one attached hydrogen (secondary N) is 2. The monoisotopic (exact) mass is 346 g/mol. The Morgan fingerprint density at radius 3 is 2.08 bits per heavy atom. The third kappa shape index (κ3) is 4.58. The molecule has 0 heterocycles. The molecule has 2 aromatic carbocycles. The van der Waals surface area contributed by atoms with Crippen LogP contribution in [0.3, 0.4) is 0 Å². The fourth-order valence-electron chi connectivity index (χ4n) is 2.09. The molecule has 0 unspecified atom stereocenters. The maximum absolute atomic E-state index is 12.5. The summed E-state index contributed by atoms with van der Waals surface area (Å²) in [5.74, 6) is -0.238. The van der Waals surface area contributed by atoms with Gasteiger partial charge in [-0.3, -0.25) is 9.52 Å². The van der Waals surface area contributed by atoms with Crippen molar-refractivity contribution in [3.63, 3.8) is 0 Å². The number of benzene rings is 2. The van der Waals surface area contributed by atoms with Gasteiger partial charge in [0.2, 0.25) is 0 Å². The normalized spacial score (nSPS) is 11.8. The fourth-order valence-corrected chi connectivity index (χ4v) is 3.22. The molecule has 0 radical (unpaired) electrons. The fraction of sp³-hybridized carbons (Fsp3) is 0.278. The summed E-state index contributed by atoms with van der Waals surface area (Å²) in [4.78, 5) is 12.2. The molecule has 0 aromatic heterocycles. The Kier molecular flexibility index (Phi) is 4.99. The third-order valence-corrected chi connectivity index (χ3v) is 4.69. The number of aryl methyl sites for hydroxylation is 1. The first-order chi connectivity index (χ1) is 11.1.